The van der Waals surface area contributed by atoms with Crippen LogP contribution in [0, 0.1) is 6.92 Å². The molecule has 1 aliphatic heterocycles. The highest BCUT2D eigenvalue weighted by atomic mass is 32.2. The number of nitrogens with one attached hydrogen (secondary N) is 1. The third-order valence-corrected chi connectivity index (χ3v) is 5.33. The smallest absolute Gasteiger partial charge is 0.242 e. The highest BCUT2D eigenvalue weighted by Crippen LogP contribution is 2.30. The van der Waals surface area contributed by atoms with Gasteiger partial charge in [0.2, 0.25) is 5.91 Å². The number of amides is 1. The fourth-order valence-corrected chi connectivity index (χ4v) is 3.77. The first-order chi connectivity index (χ1) is 10.9. The van der Waals surface area contributed by atoms with E-state index in [1.807, 2.05) is 6.92 Å². The van der Waals surface area contributed by atoms with Crippen molar-refractivity contribution in [1.82, 2.24) is 24.6 Å². The van der Waals surface area contributed by atoms with Gasteiger partial charge < -0.3 is 9.47 Å². The Morgan fingerprint density at radius 1 is 1.48 bits per heavy atom. The molecule has 0 aliphatic carbocycles. The van der Waals surface area contributed by atoms with E-state index in [0.717, 1.165) is 12.2 Å². The Bertz CT molecular complexity index is 823. The fourth-order valence-electron chi connectivity index (χ4n) is 2.91. The van der Waals surface area contributed by atoms with Gasteiger partial charge in [0.05, 0.1) is 11.9 Å². The van der Waals surface area contributed by atoms with E-state index in [1.165, 1.54) is 12.5 Å². The number of likely N-dealkylation sites (tertiary alicyclic amines) is 1. The molecule has 9 heteroatoms. The number of aryl methyl sites for hydroxylation is 1. The van der Waals surface area contributed by atoms with E-state index in [4.69, 9.17) is 0 Å². The van der Waals surface area contributed by atoms with Crippen LogP contribution in [0.3, 0.4) is 0 Å². The van der Waals surface area contributed by atoms with Crippen LogP contribution in [-0.4, -0.2) is 58.3 Å². The third kappa shape index (κ3) is 3.14. The monoisotopic (exact) mass is 337 g/mol. The molecule has 0 aromatic carbocycles. The summed E-state index contributed by atoms with van der Waals surface area (Å²) in [5, 5.41) is 6.64. The molecule has 23 heavy (non-hydrogen) atoms. The largest absolute Gasteiger partial charge is 0.340 e. The molecule has 0 bridgehead atoms. The van der Waals surface area contributed by atoms with Crippen molar-refractivity contribution in [1.29, 1.82) is 0 Å². The molecular formula is C14H19N5O3S. The lowest BCUT2D eigenvalue weighted by molar-refractivity contribution is -0.130. The Morgan fingerprint density at radius 3 is 2.91 bits per heavy atom. The Labute approximate surface area is 134 Å². The number of sulfone groups is 1. The molecule has 1 atom stereocenters. The molecule has 2 aromatic rings. The molecule has 0 spiro atoms. The Kier molecular flexibility index (Phi) is 3.97. The van der Waals surface area contributed by atoms with Gasteiger partial charge in [-0.15, -0.1) is 0 Å². The summed E-state index contributed by atoms with van der Waals surface area (Å²) >= 11 is 0. The van der Waals surface area contributed by atoms with Crippen LogP contribution in [0.2, 0.25) is 0 Å². The second-order valence-corrected chi connectivity index (χ2v) is 7.83. The summed E-state index contributed by atoms with van der Waals surface area (Å²) < 4.78 is 25.4. The molecule has 1 saturated heterocycles. The first kappa shape index (κ1) is 15.7. The number of carbonyl (C=O) groups is 1. The zero-order chi connectivity index (χ0) is 16.6. The zero-order valence-corrected chi connectivity index (χ0v) is 13.9. The first-order valence-corrected chi connectivity index (χ1v) is 9.24. The summed E-state index contributed by atoms with van der Waals surface area (Å²) in [5.41, 5.74) is 0.599. The molecule has 3 rings (SSSR count). The SMILES string of the molecule is Cc1nccn1CC(=O)N1CC[C@H](c2[nH]ncc2S(C)(=O)=O)C1. The highest BCUT2D eigenvalue weighted by molar-refractivity contribution is 7.90. The lowest BCUT2D eigenvalue weighted by Crippen LogP contribution is -2.32. The van der Waals surface area contributed by atoms with Crippen LogP contribution in [0.4, 0.5) is 0 Å². The van der Waals surface area contributed by atoms with Gasteiger partial charge in [-0.1, -0.05) is 0 Å². The van der Waals surface area contributed by atoms with E-state index in [-0.39, 0.29) is 23.3 Å². The van der Waals surface area contributed by atoms with Crippen molar-refractivity contribution in [3.63, 3.8) is 0 Å². The van der Waals surface area contributed by atoms with E-state index < -0.39 is 9.84 Å². The molecule has 0 saturated carbocycles. The van der Waals surface area contributed by atoms with E-state index in [2.05, 4.69) is 15.2 Å². The van der Waals surface area contributed by atoms with Gasteiger partial charge in [0, 0.05) is 37.7 Å². The van der Waals surface area contributed by atoms with E-state index in [1.54, 1.807) is 21.9 Å². The lowest BCUT2D eigenvalue weighted by Gasteiger charge is -2.17. The topological polar surface area (TPSA) is 101 Å². The van der Waals surface area contributed by atoms with Crippen LogP contribution in [0.5, 0.6) is 0 Å². The summed E-state index contributed by atoms with van der Waals surface area (Å²) in [6.45, 7) is 3.21. The van der Waals surface area contributed by atoms with Crippen molar-refractivity contribution in [2.24, 2.45) is 0 Å². The minimum atomic E-state index is -3.32. The van der Waals surface area contributed by atoms with Gasteiger partial charge in [0.1, 0.15) is 17.3 Å². The van der Waals surface area contributed by atoms with Crippen molar-refractivity contribution < 1.29 is 13.2 Å². The second kappa shape index (κ2) is 5.80. The fraction of sp³-hybridized carbons (Fsp3) is 0.500. The average Bonchev–Trinajstić information content (AvgIpc) is 3.17. The number of rotatable bonds is 4. The van der Waals surface area contributed by atoms with E-state index in [9.17, 15) is 13.2 Å². The third-order valence-electron chi connectivity index (χ3n) is 4.21. The minimum Gasteiger partial charge on any atom is -0.340 e. The van der Waals surface area contributed by atoms with Gasteiger partial charge >= 0.3 is 0 Å². The Balaban J connectivity index is 1.71. The van der Waals surface area contributed by atoms with Crippen LogP contribution >= 0.6 is 0 Å². The molecule has 3 heterocycles. The van der Waals surface area contributed by atoms with Gasteiger partial charge in [-0.3, -0.25) is 9.89 Å². The summed E-state index contributed by atoms with van der Waals surface area (Å²) in [7, 11) is -3.32. The van der Waals surface area contributed by atoms with Crippen molar-refractivity contribution >= 4 is 15.7 Å². The van der Waals surface area contributed by atoms with Crippen LogP contribution in [0.1, 0.15) is 23.9 Å². The minimum absolute atomic E-state index is 0.00835. The maximum atomic E-state index is 12.4. The number of aromatic nitrogens is 4. The molecule has 1 amide bonds. The molecular weight excluding hydrogens is 318 g/mol. The van der Waals surface area contributed by atoms with Gasteiger partial charge in [-0.2, -0.15) is 5.10 Å². The van der Waals surface area contributed by atoms with Crippen molar-refractivity contribution in [3.8, 4) is 0 Å². The molecule has 1 fully saturated rings. The Hall–Kier alpha value is -2.16. The maximum absolute atomic E-state index is 12.4. The summed E-state index contributed by atoms with van der Waals surface area (Å²) in [5.74, 6) is 0.770. The average molecular weight is 337 g/mol. The van der Waals surface area contributed by atoms with Gasteiger partial charge in [0.25, 0.3) is 0 Å². The molecule has 2 aromatic heterocycles. The summed E-state index contributed by atoms with van der Waals surface area (Å²) in [6.07, 6.45) is 6.67. The standard InChI is InChI=1S/C14H19N5O3S/c1-10-15-4-6-18(10)9-13(20)19-5-3-11(8-19)14-12(7-16-17-14)23(2,21)22/h4,6-7,11H,3,5,8-9H2,1-2H3,(H,16,17)/t11-/m0/s1. The number of hydrogen-bond donors (Lipinski definition) is 1. The van der Waals surface area contributed by atoms with E-state index in [0.29, 0.717) is 18.8 Å². The van der Waals surface area contributed by atoms with Crippen LogP contribution in [0.25, 0.3) is 0 Å². The maximum Gasteiger partial charge on any atom is 0.242 e. The van der Waals surface area contributed by atoms with Crippen molar-refractivity contribution in [2.45, 2.75) is 30.7 Å². The van der Waals surface area contributed by atoms with Crippen LogP contribution < -0.4 is 0 Å². The molecule has 1 aliphatic rings. The molecule has 124 valence electrons. The van der Waals surface area contributed by atoms with Crippen molar-refractivity contribution in [2.75, 3.05) is 19.3 Å². The van der Waals surface area contributed by atoms with E-state index >= 15 is 0 Å². The van der Waals surface area contributed by atoms with Gasteiger partial charge in [0.15, 0.2) is 9.84 Å². The number of imidazole rings is 1. The van der Waals surface area contributed by atoms with Crippen LogP contribution in [0.15, 0.2) is 23.5 Å². The number of hydrogen-bond acceptors (Lipinski definition) is 5. The summed E-state index contributed by atoms with van der Waals surface area (Å²) in [6, 6.07) is 0. The second-order valence-electron chi connectivity index (χ2n) is 5.85. The molecule has 8 nitrogen and oxygen atoms in total. The van der Waals surface area contributed by atoms with Gasteiger partial charge in [-0.05, 0) is 13.3 Å². The quantitative estimate of drug-likeness (QED) is 0.867. The predicted octanol–water partition coefficient (Wildman–Crippen LogP) is 0.334. The zero-order valence-electron chi connectivity index (χ0n) is 13.1. The molecule has 0 unspecified atom stereocenters. The van der Waals surface area contributed by atoms with Crippen LogP contribution in [-0.2, 0) is 21.2 Å². The number of nitrogens with zero attached hydrogens (tertiary/aromatic N) is 4. The number of H-pyrrole nitrogens is 1. The number of aromatic amines is 1. The molecule has 0 radical (unpaired) electrons. The lowest BCUT2D eigenvalue weighted by atomic mass is 10.1. The first-order valence-electron chi connectivity index (χ1n) is 7.35. The van der Waals surface area contributed by atoms with Gasteiger partial charge in [-0.25, -0.2) is 13.4 Å². The molecule has 1 N–H and O–H groups in total. The normalized spacial score (nSPS) is 18.5. The predicted molar refractivity (Wildman–Crippen MR) is 82.6 cm³/mol. The Morgan fingerprint density at radius 2 is 2.26 bits per heavy atom. The van der Waals surface area contributed by atoms with Crippen molar-refractivity contribution in [3.05, 3.63) is 30.1 Å². The highest BCUT2D eigenvalue weighted by Gasteiger charge is 2.31. The number of carbonyl (C=O) groups excluding carboxylic acids is 1. The summed E-state index contributed by atoms with van der Waals surface area (Å²) in [4.78, 5) is 18.5.